The van der Waals surface area contributed by atoms with Crippen molar-refractivity contribution in [3.05, 3.63) is 35.9 Å². The van der Waals surface area contributed by atoms with Crippen LogP contribution in [0, 0.1) is 11.3 Å². The summed E-state index contributed by atoms with van der Waals surface area (Å²) in [5.74, 6) is -0.814. The van der Waals surface area contributed by atoms with E-state index in [-0.39, 0.29) is 23.7 Å². The van der Waals surface area contributed by atoms with Gasteiger partial charge in [-0.3, -0.25) is 9.59 Å². The molecule has 2 aliphatic rings. The van der Waals surface area contributed by atoms with E-state index < -0.39 is 30.2 Å². The highest BCUT2D eigenvalue weighted by Crippen LogP contribution is 2.52. The first-order valence-corrected chi connectivity index (χ1v) is 11.4. The summed E-state index contributed by atoms with van der Waals surface area (Å²) in [7, 11) is 0. The summed E-state index contributed by atoms with van der Waals surface area (Å²) >= 11 is 0. The first-order valence-electron chi connectivity index (χ1n) is 11.4. The zero-order valence-electron chi connectivity index (χ0n) is 18.8. The van der Waals surface area contributed by atoms with E-state index in [0.29, 0.717) is 25.7 Å². The van der Waals surface area contributed by atoms with Gasteiger partial charge in [-0.15, -0.1) is 0 Å². The largest absolute Gasteiger partial charge is 0.442 e. The second-order valence-electron chi connectivity index (χ2n) is 8.98. The van der Waals surface area contributed by atoms with Crippen LogP contribution < -0.4 is 16.0 Å². The van der Waals surface area contributed by atoms with Crippen molar-refractivity contribution < 1.29 is 23.9 Å². The molecule has 4 atom stereocenters. The smallest absolute Gasteiger partial charge is 0.408 e. The number of amides is 3. The number of carbonyl (C=O) groups is 4. The number of hydrogen-bond donors (Lipinski definition) is 3. The Morgan fingerprint density at radius 3 is 2.53 bits per heavy atom. The van der Waals surface area contributed by atoms with Crippen molar-refractivity contribution in [2.75, 3.05) is 6.54 Å². The molecule has 0 aromatic heterocycles. The Morgan fingerprint density at radius 1 is 1.25 bits per heavy atom. The van der Waals surface area contributed by atoms with Crippen LogP contribution in [0.1, 0.15) is 64.0 Å². The van der Waals surface area contributed by atoms with E-state index >= 15 is 0 Å². The van der Waals surface area contributed by atoms with Gasteiger partial charge in [0.05, 0.1) is 6.04 Å². The molecule has 1 unspecified atom stereocenters. The highest BCUT2D eigenvalue weighted by molar-refractivity contribution is 5.88. The Kier molecular flexibility index (Phi) is 7.88. The number of ether oxygens (including phenoxy) is 1. The van der Waals surface area contributed by atoms with Gasteiger partial charge in [-0.1, -0.05) is 43.7 Å². The normalized spacial score (nSPS) is 21.6. The van der Waals surface area contributed by atoms with Crippen LogP contribution in [-0.4, -0.2) is 42.8 Å². The zero-order valence-corrected chi connectivity index (χ0v) is 18.8. The molecule has 3 rings (SSSR count). The summed E-state index contributed by atoms with van der Waals surface area (Å²) in [4.78, 5) is 49.0. The number of rotatable bonds is 11. The molecule has 32 heavy (non-hydrogen) atoms. The summed E-state index contributed by atoms with van der Waals surface area (Å²) in [5, 5.41) is 8.17. The van der Waals surface area contributed by atoms with Gasteiger partial charge in [0.1, 0.15) is 18.4 Å². The quantitative estimate of drug-likeness (QED) is 0.455. The predicted octanol–water partition coefficient (Wildman–Crippen LogP) is 2.63. The van der Waals surface area contributed by atoms with E-state index in [1.54, 1.807) is 6.92 Å². The lowest BCUT2D eigenvalue weighted by Gasteiger charge is -2.25. The highest BCUT2D eigenvalue weighted by atomic mass is 16.6. The van der Waals surface area contributed by atoms with E-state index in [0.717, 1.165) is 24.8 Å². The number of alkyl carbamates (subject to hydrolysis) is 1. The molecule has 1 aromatic carbocycles. The Morgan fingerprint density at radius 2 is 1.97 bits per heavy atom. The molecule has 8 nitrogen and oxygen atoms in total. The Balaban J connectivity index is 1.62. The van der Waals surface area contributed by atoms with Gasteiger partial charge in [0.2, 0.25) is 11.8 Å². The van der Waals surface area contributed by atoms with Crippen molar-refractivity contribution >= 4 is 24.2 Å². The highest BCUT2D eigenvalue weighted by Gasteiger charge is 2.44. The molecule has 1 saturated carbocycles. The molecule has 0 spiro atoms. The van der Waals surface area contributed by atoms with Crippen LogP contribution in [0.25, 0.3) is 0 Å². The lowest BCUT2D eigenvalue weighted by atomic mass is 9.93. The minimum atomic E-state index is -0.812. The van der Waals surface area contributed by atoms with E-state index in [4.69, 9.17) is 4.74 Å². The van der Waals surface area contributed by atoms with Crippen LogP contribution in [0.15, 0.2) is 30.3 Å². The standard InChI is InChI=1S/C24H33N3O5/c1-3-24(10-11-24)14-20(27-23(31)32-16(2)17-7-5-4-6-8-17)22(30)26-19(15-28)13-18-9-12-25-21(18)29/h4-8,15-16,18-20H,3,9-14H2,1-2H3,(H,25,29)(H,26,30)(H,27,31)/t16?,18-,19-,20-/m0/s1. The van der Waals surface area contributed by atoms with Gasteiger partial charge >= 0.3 is 6.09 Å². The van der Waals surface area contributed by atoms with Crippen molar-refractivity contribution in [2.45, 2.75) is 70.6 Å². The fourth-order valence-corrected chi connectivity index (χ4v) is 4.26. The van der Waals surface area contributed by atoms with Gasteiger partial charge in [0, 0.05) is 12.5 Å². The average molecular weight is 444 g/mol. The first-order chi connectivity index (χ1) is 15.4. The second kappa shape index (κ2) is 10.6. The van der Waals surface area contributed by atoms with Crippen LogP contribution in [0.4, 0.5) is 4.79 Å². The van der Waals surface area contributed by atoms with Gasteiger partial charge in [-0.05, 0) is 50.0 Å². The van der Waals surface area contributed by atoms with Gasteiger partial charge < -0.3 is 25.5 Å². The SMILES string of the molecule is CCC1(C[C@H](NC(=O)OC(C)c2ccccc2)C(=O)N[C@H](C=O)C[C@@H]2CCNC2=O)CC1. The van der Waals surface area contributed by atoms with Crippen molar-refractivity contribution in [2.24, 2.45) is 11.3 Å². The maximum Gasteiger partial charge on any atom is 0.408 e. The molecule has 1 aromatic rings. The van der Waals surface area contributed by atoms with Crippen LogP contribution in [0.2, 0.25) is 0 Å². The van der Waals surface area contributed by atoms with E-state index in [9.17, 15) is 19.2 Å². The number of benzene rings is 1. The van der Waals surface area contributed by atoms with E-state index in [2.05, 4.69) is 22.9 Å². The average Bonchev–Trinajstić information content (AvgIpc) is 3.46. The molecule has 3 N–H and O–H groups in total. The maximum absolute atomic E-state index is 13.0. The van der Waals surface area contributed by atoms with Crippen LogP contribution in [-0.2, 0) is 19.1 Å². The molecule has 2 fully saturated rings. The van der Waals surface area contributed by atoms with Crippen molar-refractivity contribution in [1.82, 2.24) is 16.0 Å². The van der Waals surface area contributed by atoms with E-state index in [1.807, 2.05) is 30.3 Å². The molecule has 0 bridgehead atoms. The molecule has 3 amide bonds. The van der Waals surface area contributed by atoms with E-state index in [1.165, 1.54) is 0 Å². The third-order valence-electron chi connectivity index (χ3n) is 6.70. The summed E-state index contributed by atoms with van der Waals surface area (Å²) < 4.78 is 5.49. The second-order valence-corrected chi connectivity index (χ2v) is 8.98. The molecular weight excluding hydrogens is 410 g/mol. The number of nitrogens with one attached hydrogen (secondary N) is 3. The van der Waals surface area contributed by atoms with Crippen LogP contribution >= 0.6 is 0 Å². The molecule has 0 radical (unpaired) electrons. The number of hydrogen-bond acceptors (Lipinski definition) is 5. The van der Waals surface area contributed by atoms with Crippen molar-refractivity contribution in [3.8, 4) is 0 Å². The van der Waals surface area contributed by atoms with Gasteiger partial charge in [-0.25, -0.2) is 4.79 Å². The third-order valence-corrected chi connectivity index (χ3v) is 6.70. The fraction of sp³-hybridized carbons (Fsp3) is 0.583. The summed E-state index contributed by atoms with van der Waals surface area (Å²) in [6.45, 7) is 4.43. The van der Waals surface area contributed by atoms with Crippen molar-refractivity contribution in [1.29, 1.82) is 0 Å². The maximum atomic E-state index is 13.0. The number of carbonyl (C=O) groups excluding carboxylic acids is 4. The van der Waals surface area contributed by atoms with Gasteiger partial charge in [0.15, 0.2) is 0 Å². The molecular formula is C24H33N3O5. The summed E-state index contributed by atoms with van der Waals surface area (Å²) in [5.41, 5.74) is 0.884. The predicted molar refractivity (Wildman–Crippen MR) is 119 cm³/mol. The Bertz CT molecular complexity index is 824. The molecule has 1 saturated heterocycles. The summed E-state index contributed by atoms with van der Waals surface area (Å²) in [6, 6.07) is 7.76. The van der Waals surface area contributed by atoms with Gasteiger partial charge in [0.25, 0.3) is 0 Å². The molecule has 1 aliphatic heterocycles. The monoisotopic (exact) mass is 443 g/mol. The summed E-state index contributed by atoms with van der Waals surface area (Å²) in [6.07, 6.45) is 3.81. The lowest BCUT2D eigenvalue weighted by Crippen LogP contribution is -2.51. The first kappa shape index (κ1) is 23.8. The van der Waals surface area contributed by atoms with Crippen LogP contribution in [0.3, 0.4) is 0 Å². The molecule has 1 aliphatic carbocycles. The molecule has 8 heteroatoms. The minimum absolute atomic E-state index is 0.0301. The van der Waals surface area contributed by atoms with Crippen LogP contribution in [0.5, 0.6) is 0 Å². The van der Waals surface area contributed by atoms with Crippen molar-refractivity contribution in [3.63, 3.8) is 0 Å². The van der Waals surface area contributed by atoms with Gasteiger partial charge in [-0.2, -0.15) is 0 Å². The Hall–Kier alpha value is -2.90. The molecule has 1 heterocycles. The topological polar surface area (TPSA) is 114 Å². The minimum Gasteiger partial charge on any atom is -0.442 e. The fourth-order valence-electron chi connectivity index (χ4n) is 4.26. The number of aldehydes is 1. The zero-order chi connectivity index (χ0) is 23.1. The Labute approximate surface area is 188 Å². The third kappa shape index (κ3) is 6.31. The lowest BCUT2D eigenvalue weighted by molar-refractivity contribution is -0.127. The molecule has 174 valence electrons.